The van der Waals surface area contributed by atoms with Crippen LogP contribution in [0.15, 0.2) is 485 Å². The minimum Gasteiger partial charge on any atom is -0.507 e. The summed E-state index contributed by atoms with van der Waals surface area (Å²) in [5.41, 5.74) is 8.41. The van der Waals surface area contributed by atoms with Crippen LogP contribution in [0.3, 0.4) is 0 Å². The van der Waals surface area contributed by atoms with Crippen molar-refractivity contribution in [1.82, 2.24) is 15.0 Å². The first kappa shape index (κ1) is 97.0. The smallest absolute Gasteiger partial charge is 0.157 e. The Bertz CT molecular complexity index is 8200. The standard InChI is InChI=1S/C24H19NO2.C21H15NO2.C17H13NO2.C16H12N2O2.C15H12N2O2.C15H11NO2.C12H10N2O2/c26-22-16-8-7-14-20(22)21-15-9-17-23(25-21)24(27,18-10-3-1-4-11-18)19-12-5-2-6-13-19;23-20-12-10-14-5-1-3-7-16(14)18(20)13-22-19-11-9-15-6-2-4-8-17(15)21(19)24;19-16-8-4-2-6-13(16)11-18-15-10-9-12-5-1-3-7-14(12)17(15)20;19-15-8-4-3-7-13(15)17-18-14-10-9-11-5-1-2-6-12(11)16(14)20;18-12-6-2-1-5-11(12)16-14-9-8-10-4-3-7-13(19)15(10)17-14;17-13-6-2-1-5-11(13)12-9-8-10-4-3-7-14(18)15(10)16-12;15-11-7-3-1-5-9(11)13-14-10-6-2-4-8-12(10)16/h1-17,26-27H;1-13,23-24H;1-11,19-20H;1-10,19-20H;1-9,18-19H,(H,16,17);1-9,17-18H;1-8,15-16H. The van der Waals surface area contributed by atoms with Crippen molar-refractivity contribution in [2.75, 3.05) is 5.32 Å². The van der Waals surface area contributed by atoms with Crippen LogP contribution >= 0.6 is 0 Å². The van der Waals surface area contributed by atoms with Crippen molar-refractivity contribution < 1.29 is 71.5 Å². The Morgan fingerprint density at radius 1 is 0.222 bits per heavy atom. The quantitative estimate of drug-likeness (QED) is 0.0257. The van der Waals surface area contributed by atoms with Gasteiger partial charge in [0.25, 0.3) is 0 Å². The third-order valence-corrected chi connectivity index (χ3v) is 22.8. The van der Waals surface area contributed by atoms with Crippen molar-refractivity contribution >= 4 is 123 Å². The Balaban J connectivity index is 0.000000121. The van der Waals surface area contributed by atoms with Gasteiger partial charge in [0.1, 0.15) is 120 Å². The van der Waals surface area contributed by atoms with Crippen LogP contribution in [0.25, 0.3) is 87.4 Å². The molecular weight excluding hydrogens is 1810 g/mol. The number of hydrogen-bond donors (Lipinski definition) is 15. The van der Waals surface area contributed by atoms with Crippen LogP contribution in [0.4, 0.5) is 45.6 Å². The molecule has 0 amide bonds. The number of pyridine rings is 3. The van der Waals surface area contributed by atoms with Gasteiger partial charge in [0, 0.05) is 61.6 Å². The van der Waals surface area contributed by atoms with Crippen LogP contribution < -0.4 is 5.32 Å². The zero-order valence-corrected chi connectivity index (χ0v) is 76.7. The van der Waals surface area contributed by atoms with Crippen LogP contribution in [-0.2, 0) is 5.60 Å². The number of para-hydroxylation sites is 10. The SMILES string of the molecule is Oc1ccc2ccccc2c1C=Nc1ccc2ccccc2c1O.Oc1ccccc1-c1ccc2cccc(O)c2n1.Oc1ccccc1-c1cccc(C(O)(c2ccccc2)c2ccccc2)n1.Oc1ccccc1C=Nc1ccc2ccccc2c1O.Oc1ccccc1N=Nc1ccc2ccccc2c1O.Oc1ccccc1N=Nc1ccccc1O.Oc1ccccc1Nc1ccc2cccc(O)c2n1. The van der Waals surface area contributed by atoms with Crippen LogP contribution in [0.2, 0.25) is 0 Å². The van der Waals surface area contributed by atoms with E-state index in [2.05, 4.69) is 45.7 Å². The molecule has 0 atom stereocenters. The van der Waals surface area contributed by atoms with Gasteiger partial charge in [-0.1, -0.05) is 303 Å². The fraction of sp³-hybridized carbons (Fsp3) is 0.00833. The summed E-state index contributed by atoms with van der Waals surface area (Å²) in [6.45, 7) is 0. The van der Waals surface area contributed by atoms with E-state index in [4.69, 9.17) is 4.98 Å². The van der Waals surface area contributed by atoms with Gasteiger partial charge in [-0.15, -0.1) is 20.5 Å². The second kappa shape index (κ2) is 46.2. The van der Waals surface area contributed by atoms with E-state index in [-0.39, 0.29) is 74.7 Å². The molecule has 144 heavy (non-hydrogen) atoms. The summed E-state index contributed by atoms with van der Waals surface area (Å²) in [6.07, 6.45) is 3.14. The summed E-state index contributed by atoms with van der Waals surface area (Å²) < 4.78 is 0. The number of aliphatic imine (C=N–C) groups is 2. The van der Waals surface area contributed by atoms with Gasteiger partial charge >= 0.3 is 0 Å². The largest absolute Gasteiger partial charge is 0.507 e. The van der Waals surface area contributed by atoms with Crippen molar-refractivity contribution in [3.8, 4) is 97.3 Å². The molecule has 0 saturated carbocycles. The van der Waals surface area contributed by atoms with Crippen LogP contribution in [-0.4, -0.2) is 98.9 Å². The van der Waals surface area contributed by atoms with Gasteiger partial charge in [0.2, 0.25) is 0 Å². The van der Waals surface area contributed by atoms with Crippen molar-refractivity contribution in [3.05, 3.63) is 483 Å². The van der Waals surface area contributed by atoms with Crippen LogP contribution in [0.1, 0.15) is 27.9 Å². The highest BCUT2D eigenvalue weighted by Gasteiger charge is 2.36. The molecule has 0 unspecified atom stereocenters. The average Bonchev–Trinajstić information content (AvgIpc) is 0.751. The Hall–Kier alpha value is -20.1. The summed E-state index contributed by atoms with van der Waals surface area (Å²) in [6, 6.07) is 135. The molecule has 0 aliphatic heterocycles. The summed E-state index contributed by atoms with van der Waals surface area (Å²) in [4.78, 5) is 22.1. The number of nitrogens with zero attached hydrogens (tertiary/aromatic N) is 9. The van der Waals surface area contributed by atoms with Crippen molar-refractivity contribution in [3.63, 3.8) is 0 Å². The van der Waals surface area contributed by atoms with Crippen LogP contribution in [0, 0.1) is 0 Å². The zero-order valence-electron chi connectivity index (χ0n) is 76.7. The number of rotatable bonds is 15. The lowest BCUT2D eigenvalue weighted by Gasteiger charge is -2.29. The first-order valence-corrected chi connectivity index (χ1v) is 45.2. The number of phenols is 13. The predicted octanol–water partition coefficient (Wildman–Crippen LogP) is 28.8. The van der Waals surface area contributed by atoms with E-state index in [0.29, 0.717) is 96.0 Å². The number of aliphatic hydroxyl groups is 1. The molecule has 3 heterocycles. The molecule has 3 aromatic heterocycles. The highest BCUT2D eigenvalue weighted by atomic mass is 16.3. The maximum Gasteiger partial charge on any atom is 0.157 e. The number of hydrogen-bond acceptors (Lipinski definition) is 24. The normalized spacial score (nSPS) is 11.1. The van der Waals surface area contributed by atoms with E-state index < -0.39 is 5.60 Å². The van der Waals surface area contributed by atoms with Crippen LogP contribution in [0.5, 0.6) is 74.7 Å². The van der Waals surface area contributed by atoms with Gasteiger partial charge in [-0.3, -0.25) is 9.98 Å². The maximum atomic E-state index is 11.8. The molecule has 15 N–H and O–H groups in total. The highest BCUT2D eigenvalue weighted by Crippen LogP contribution is 2.43. The second-order valence-electron chi connectivity index (χ2n) is 32.2. The Labute approximate surface area is 826 Å². The van der Waals surface area contributed by atoms with E-state index in [1.165, 1.54) is 18.2 Å². The van der Waals surface area contributed by atoms with Gasteiger partial charge in [-0.25, -0.2) is 15.0 Å². The molecule has 24 nitrogen and oxygen atoms in total. The molecule has 22 rings (SSSR count). The predicted molar refractivity (Wildman–Crippen MR) is 569 cm³/mol. The second-order valence-corrected chi connectivity index (χ2v) is 32.2. The fourth-order valence-electron chi connectivity index (χ4n) is 15.4. The number of azo groups is 2. The highest BCUT2D eigenvalue weighted by molar-refractivity contribution is 6.04. The first-order chi connectivity index (χ1) is 70.2. The first-order valence-electron chi connectivity index (χ1n) is 45.2. The van der Waals surface area contributed by atoms with Gasteiger partial charge in [-0.05, 0) is 190 Å². The van der Waals surface area contributed by atoms with Gasteiger partial charge in [0.05, 0.1) is 22.8 Å². The zero-order chi connectivity index (χ0) is 100. The minimum atomic E-state index is -1.40. The molecule has 0 aliphatic rings. The topological polar surface area (TPSA) is 408 Å². The van der Waals surface area contributed by atoms with Gasteiger partial charge in [-0.2, -0.15) is 0 Å². The number of anilines is 2. The summed E-state index contributed by atoms with van der Waals surface area (Å²) >= 11 is 0. The lowest BCUT2D eigenvalue weighted by Crippen LogP contribution is -2.30. The molecule has 0 aliphatic carbocycles. The number of nitrogens with one attached hydrogen (secondary N) is 1. The Morgan fingerprint density at radius 2 is 0.569 bits per heavy atom. The van der Waals surface area contributed by atoms with Crippen molar-refractivity contribution in [2.24, 2.45) is 30.4 Å². The minimum absolute atomic E-state index is 0.0523. The summed E-state index contributed by atoms with van der Waals surface area (Å²) in [7, 11) is 0. The Morgan fingerprint density at radius 3 is 1.06 bits per heavy atom. The van der Waals surface area contributed by atoms with Gasteiger partial charge < -0.3 is 76.8 Å². The van der Waals surface area contributed by atoms with E-state index in [1.807, 2.05) is 261 Å². The summed E-state index contributed by atoms with van der Waals surface area (Å²) in [5.74, 6) is 2.21. The maximum absolute atomic E-state index is 11.8. The molecule has 0 spiro atoms. The number of aromatic nitrogens is 3. The third-order valence-electron chi connectivity index (χ3n) is 22.8. The third kappa shape index (κ3) is 23.6. The molecule has 706 valence electrons. The molecule has 22 aromatic rings. The lowest BCUT2D eigenvalue weighted by atomic mass is 9.83. The number of fused-ring (bicyclic) bond motifs is 6. The summed E-state index contributed by atoms with van der Waals surface area (Å²) in [5, 5.41) is 168. The molecule has 0 bridgehead atoms. The van der Waals surface area contributed by atoms with Crippen molar-refractivity contribution in [1.29, 1.82) is 0 Å². The van der Waals surface area contributed by atoms with E-state index >= 15 is 0 Å². The number of benzene rings is 19. The number of phenolic OH excluding ortho intramolecular Hbond substituents is 13. The molecule has 0 fully saturated rings. The average molecular weight is 1900 g/mol. The van der Waals surface area contributed by atoms with E-state index in [0.717, 1.165) is 65.0 Å². The molecule has 0 saturated heterocycles. The molecule has 0 radical (unpaired) electrons. The molecular formula is C120H92N10O14. The Kier molecular flexibility index (Phi) is 31.1. The monoisotopic (exact) mass is 1900 g/mol. The van der Waals surface area contributed by atoms with Gasteiger partial charge in [0.15, 0.2) is 11.4 Å². The van der Waals surface area contributed by atoms with E-state index in [1.54, 1.807) is 188 Å². The molecule has 24 heteroatoms. The van der Waals surface area contributed by atoms with E-state index in [9.17, 15) is 71.5 Å². The van der Waals surface area contributed by atoms with Crippen molar-refractivity contribution in [2.45, 2.75) is 5.60 Å². The molecule has 19 aromatic carbocycles. The number of aromatic hydroxyl groups is 13. The fourth-order valence-corrected chi connectivity index (χ4v) is 15.4. The lowest BCUT2D eigenvalue weighted by molar-refractivity contribution is 0.121.